The van der Waals surface area contributed by atoms with Gasteiger partial charge in [0.2, 0.25) is 0 Å². The summed E-state index contributed by atoms with van der Waals surface area (Å²) in [6.07, 6.45) is 2.72. The van der Waals surface area contributed by atoms with Gasteiger partial charge in [-0.2, -0.15) is 5.10 Å². The number of nitrogens with zero attached hydrogens (tertiary/aromatic N) is 2. The zero-order chi connectivity index (χ0) is 13.7. The molecule has 1 heterocycles. The monoisotopic (exact) mass is 271 g/mol. The maximum atomic E-state index is 12.0. The molecule has 18 heavy (non-hydrogen) atoms. The Morgan fingerprint density at radius 3 is 2.67 bits per heavy atom. The normalized spacial score (nSPS) is 12.8. The molecule has 0 aliphatic carbocycles. The molecule has 1 aromatic heterocycles. The minimum absolute atomic E-state index is 0.223. The fourth-order valence-electron chi connectivity index (χ4n) is 1.49. The van der Waals surface area contributed by atoms with Gasteiger partial charge in [0.05, 0.1) is 11.9 Å². The van der Waals surface area contributed by atoms with E-state index in [0.29, 0.717) is 24.1 Å². The van der Waals surface area contributed by atoms with Gasteiger partial charge in [-0.05, 0) is 11.8 Å². The number of hydrogen-bond acceptors (Lipinski definition) is 3. The van der Waals surface area contributed by atoms with E-state index in [1.54, 1.807) is 6.20 Å². The van der Waals surface area contributed by atoms with Crippen LogP contribution in [0.4, 0.5) is 5.69 Å². The molecule has 1 N–H and O–H groups in total. The molecule has 4 nitrogen and oxygen atoms in total. The average Bonchev–Trinajstić information content (AvgIpc) is 2.33. The number of aromatic nitrogens is 2. The largest absolute Gasteiger partial charge is 0.382 e. The van der Waals surface area contributed by atoms with Crippen molar-refractivity contribution >= 4 is 17.3 Å². The van der Waals surface area contributed by atoms with Crippen LogP contribution in [0.5, 0.6) is 0 Å². The van der Waals surface area contributed by atoms with E-state index in [-0.39, 0.29) is 10.6 Å². The van der Waals surface area contributed by atoms with Gasteiger partial charge in [0, 0.05) is 13.1 Å². The summed E-state index contributed by atoms with van der Waals surface area (Å²) in [5, 5.41) is 7.55. The van der Waals surface area contributed by atoms with Crippen LogP contribution in [-0.4, -0.2) is 16.3 Å². The van der Waals surface area contributed by atoms with E-state index in [9.17, 15) is 4.79 Å². The lowest BCUT2D eigenvalue weighted by Gasteiger charge is -2.13. The lowest BCUT2D eigenvalue weighted by molar-refractivity contribution is 0.464. The Bertz CT molecular complexity index is 442. The van der Waals surface area contributed by atoms with Gasteiger partial charge < -0.3 is 5.32 Å². The molecule has 0 amide bonds. The van der Waals surface area contributed by atoms with E-state index in [1.165, 1.54) is 4.68 Å². The Balaban J connectivity index is 2.84. The first kappa shape index (κ1) is 15.0. The van der Waals surface area contributed by atoms with Crippen LogP contribution in [0.25, 0.3) is 0 Å². The molecule has 1 rings (SSSR count). The standard InChI is InChI=1S/C13H22ClN3O/c1-5-10(4)6-15-11-7-16-17(8-9(2)3)13(18)12(11)14/h7,9-10,15H,5-6,8H2,1-4H3. The fourth-order valence-corrected chi connectivity index (χ4v) is 1.71. The van der Waals surface area contributed by atoms with Crippen molar-refractivity contribution in [3.05, 3.63) is 21.6 Å². The summed E-state index contributed by atoms with van der Waals surface area (Å²) in [5.41, 5.74) is 0.404. The molecule has 0 bridgehead atoms. The average molecular weight is 272 g/mol. The Labute approximate surface area is 113 Å². The van der Waals surface area contributed by atoms with Crippen LogP contribution in [0.2, 0.25) is 5.02 Å². The summed E-state index contributed by atoms with van der Waals surface area (Å²) in [6.45, 7) is 9.74. The highest BCUT2D eigenvalue weighted by Gasteiger charge is 2.10. The number of nitrogens with one attached hydrogen (secondary N) is 1. The lowest BCUT2D eigenvalue weighted by atomic mass is 10.1. The molecule has 1 atom stereocenters. The summed E-state index contributed by atoms with van der Waals surface area (Å²) in [7, 11) is 0. The van der Waals surface area contributed by atoms with E-state index in [4.69, 9.17) is 11.6 Å². The molecule has 0 saturated heterocycles. The Morgan fingerprint density at radius 2 is 2.11 bits per heavy atom. The highest BCUT2D eigenvalue weighted by molar-refractivity contribution is 6.32. The predicted octanol–water partition coefficient (Wildman–Crippen LogP) is 3.01. The van der Waals surface area contributed by atoms with Crippen molar-refractivity contribution in [1.29, 1.82) is 0 Å². The van der Waals surface area contributed by atoms with Crippen LogP contribution in [0, 0.1) is 11.8 Å². The molecule has 102 valence electrons. The zero-order valence-electron chi connectivity index (χ0n) is 11.5. The third-order valence-electron chi connectivity index (χ3n) is 2.86. The van der Waals surface area contributed by atoms with Gasteiger partial charge in [0.1, 0.15) is 5.02 Å². The van der Waals surface area contributed by atoms with E-state index >= 15 is 0 Å². The highest BCUT2D eigenvalue weighted by atomic mass is 35.5. The van der Waals surface area contributed by atoms with E-state index in [0.717, 1.165) is 13.0 Å². The first-order chi connectivity index (χ1) is 8.45. The molecule has 1 unspecified atom stereocenters. The first-order valence-electron chi connectivity index (χ1n) is 6.45. The topological polar surface area (TPSA) is 46.9 Å². The van der Waals surface area contributed by atoms with Crippen molar-refractivity contribution in [1.82, 2.24) is 9.78 Å². The van der Waals surface area contributed by atoms with Gasteiger partial charge in [-0.25, -0.2) is 4.68 Å². The molecule has 0 spiro atoms. The number of rotatable bonds is 6. The number of hydrogen-bond donors (Lipinski definition) is 1. The summed E-state index contributed by atoms with van der Waals surface area (Å²) >= 11 is 6.07. The molecule has 0 aliphatic heterocycles. The third-order valence-corrected chi connectivity index (χ3v) is 3.23. The van der Waals surface area contributed by atoms with Crippen molar-refractivity contribution in [3.8, 4) is 0 Å². The molecular weight excluding hydrogens is 250 g/mol. The number of halogens is 1. The van der Waals surface area contributed by atoms with E-state index in [2.05, 4.69) is 24.3 Å². The van der Waals surface area contributed by atoms with Gasteiger partial charge >= 0.3 is 0 Å². The van der Waals surface area contributed by atoms with Gasteiger partial charge in [-0.15, -0.1) is 0 Å². The van der Waals surface area contributed by atoms with Crippen molar-refractivity contribution < 1.29 is 0 Å². The third kappa shape index (κ3) is 4.02. The Morgan fingerprint density at radius 1 is 1.44 bits per heavy atom. The molecule has 0 aliphatic rings. The SMILES string of the molecule is CCC(C)CNc1cnn(CC(C)C)c(=O)c1Cl. The van der Waals surface area contributed by atoms with Crippen molar-refractivity contribution in [3.63, 3.8) is 0 Å². The van der Waals surface area contributed by atoms with Crippen LogP contribution >= 0.6 is 11.6 Å². The minimum Gasteiger partial charge on any atom is -0.382 e. The zero-order valence-corrected chi connectivity index (χ0v) is 12.3. The van der Waals surface area contributed by atoms with Crippen molar-refractivity contribution in [2.75, 3.05) is 11.9 Å². The first-order valence-corrected chi connectivity index (χ1v) is 6.83. The molecule has 5 heteroatoms. The number of anilines is 1. The Kier molecular flexibility index (Phi) is 5.66. The second-order valence-electron chi connectivity index (χ2n) is 5.15. The molecule has 0 saturated carbocycles. The van der Waals surface area contributed by atoms with E-state index in [1.807, 2.05) is 13.8 Å². The van der Waals surface area contributed by atoms with Crippen LogP contribution in [0.3, 0.4) is 0 Å². The van der Waals surface area contributed by atoms with Gasteiger partial charge in [0.25, 0.3) is 5.56 Å². The maximum Gasteiger partial charge on any atom is 0.287 e. The minimum atomic E-state index is -0.223. The highest BCUT2D eigenvalue weighted by Crippen LogP contribution is 2.16. The van der Waals surface area contributed by atoms with Crippen LogP contribution in [0.1, 0.15) is 34.1 Å². The second kappa shape index (κ2) is 6.78. The second-order valence-corrected chi connectivity index (χ2v) is 5.53. The van der Waals surface area contributed by atoms with Gasteiger partial charge in [-0.3, -0.25) is 4.79 Å². The van der Waals surface area contributed by atoms with Crippen LogP contribution in [0.15, 0.2) is 11.0 Å². The van der Waals surface area contributed by atoms with Gasteiger partial charge in [0.15, 0.2) is 0 Å². The summed E-state index contributed by atoms with van der Waals surface area (Å²) in [4.78, 5) is 12.0. The maximum absolute atomic E-state index is 12.0. The Hall–Kier alpha value is -1.03. The van der Waals surface area contributed by atoms with Crippen molar-refractivity contribution in [2.24, 2.45) is 11.8 Å². The van der Waals surface area contributed by atoms with Gasteiger partial charge in [-0.1, -0.05) is 45.7 Å². The molecule has 0 fully saturated rings. The summed E-state index contributed by atoms with van der Waals surface area (Å²) < 4.78 is 1.42. The predicted molar refractivity (Wildman–Crippen MR) is 76.3 cm³/mol. The summed E-state index contributed by atoms with van der Waals surface area (Å²) in [6, 6.07) is 0. The van der Waals surface area contributed by atoms with Crippen molar-refractivity contribution in [2.45, 2.75) is 40.7 Å². The van der Waals surface area contributed by atoms with E-state index < -0.39 is 0 Å². The molecule has 1 aromatic rings. The fraction of sp³-hybridized carbons (Fsp3) is 0.692. The molecular formula is C13H22ClN3O. The molecule has 0 radical (unpaired) electrons. The smallest absolute Gasteiger partial charge is 0.287 e. The molecule has 0 aromatic carbocycles. The lowest BCUT2D eigenvalue weighted by Crippen LogP contribution is -2.26. The quantitative estimate of drug-likeness (QED) is 0.865. The van der Waals surface area contributed by atoms with Crippen LogP contribution in [-0.2, 0) is 6.54 Å². The van der Waals surface area contributed by atoms with Crippen LogP contribution < -0.4 is 10.9 Å². The summed E-state index contributed by atoms with van der Waals surface area (Å²) in [5.74, 6) is 0.907.